The van der Waals surface area contributed by atoms with Crippen LogP contribution in [0.4, 0.5) is 0 Å². The van der Waals surface area contributed by atoms with Gasteiger partial charge in [0.15, 0.2) is 0 Å². The Labute approximate surface area is 96.6 Å². The zero-order chi connectivity index (χ0) is 12.3. The first-order chi connectivity index (χ1) is 7.42. The largest absolute Gasteiger partial charge is 0.479 e. The molecule has 0 aromatic heterocycles. The number of amides is 1. The highest BCUT2D eigenvalue weighted by molar-refractivity contribution is 5.87. The van der Waals surface area contributed by atoms with Crippen LogP contribution in [0.25, 0.3) is 0 Å². The standard InChI is InChI=1S/C12H21NO3/c1-9(2)10(14)13(3)12(11(15)16)7-5-4-6-8-12/h9H,4-8H2,1-3H3,(H,15,16). The summed E-state index contributed by atoms with van der Waals surface area (Å²) >= 11 is 0. The van der Waals surface area contributed by atoms with Gasteiger partial charge < -0.3 is 10.0 Å². The molecule has 4 heteroatoms. The predicted molar refractivity (Wildman–Crippen MR) is 61.1 cm³/mol. The fraction of sp³-hybridized carbons (Fsp3) is 0.833. The molecule has 1 fully saturated rings. The zero-order valence-corrected chi connectivity index (χ0v) is 10.3. The third kappa shape index (κ3) is 2.20. The number of hydrogen-bond donors (Lipinski definition) is 1. The number of carboxylic acid groups (broad SMARTS) is 1. The van der Waals surface area contributed by atoms with Crippen molar-refractivity contribution in [3.05, 3.63) is 0 Å². The molecular weight excluding hydrogens is 206 g/mol. The molecule has 1 saturated carbocycles. The summed E-state index contributed by atoms with van der Waals surface area (Å²) < 4.78 is 0. The maximum absolute atomic E-state index is 11.9. The van der Waals surface area contributed by atoms with Gasteiger partial charge in [-0.3, -0.25) is 4.79 Å². The summed E-state index contributed by atoms with van der Waals surface area (Å²) in [6.45, 7) is 3.61. The Bertz CT molecular complexity index is 280. The first kappa shape index (κ1) is 13.0. The van der Waals surface area contributed by atoms with E-state index in [1.165, 1.54) is 4.90 Å². The number of aliphatic carboxylic acids is 1. The number of likely N-dealkylation sites (N-methyl/N-ethyl adjacent to an activating group) is 1. The van der Waals surface area contributed by atoms with Gasteiger partial charge in [0.1, 0.15) is 5.54 Å². The highest BCUT2D eigenvalue weighted by atomic mass is 16.4. The Balaban J connectivity index is 2.92. The van der Waals surface area contributed by atoms with E-state index in [1.54, 1.807) is 20.9 Å². The second-order valence-electron chi connectivity index (χ2n) is 4.95. The maximum atomic E-state index is 11.9. The molecule has 0 heterocycles. The highest BCUT2D eigenvalue weighted by Gasteiger charge is 2.45. The molecule has 0 atom stereocenters. The molecule has 0 aromatic rings. The minimum absolute atomic E-state index is 0.0794. The monoisotopic (exact) mass is 227 g/mol. The topological polar surface area (TPSA) is 57.6 Å². The van der Waals surface area contributed by atoms with Crippen molar-refractivity contribution in [2.75, 3.05) is 7.05 Å². The average molecular weight is 227 g/mol. The normalized spacial score (nSPS) is 19.5. The van der Waals surface area contributed by atoms with Crippen molar-refractivity contribution in [1.82, 2.24) is 4.90 Å². The molecule has 1 rings (SSSR count). The molecule has 1 amide bonds. The van der Waals surface area contributed by atoms with E-state index in [4.69, 9.17) is 0 Å². The van der Waals surface area contributed by atoms with Gasteiger partial charge in [-0.1, -0.05) is 33.1 Å². The molecular formula is C12H21NO3. The van der Waals surface area contributed by atoms with E-state index >= 15 is 0 Å². The molecule has 1 N–H and O–H groups in total. The van der Waals surface area contributed by atoms with Gasteiger partial charge in [-0.25, -0.2) is 4.79 Å². The summed E-state index contributed by atoms with van der Waals surface area (Å²) in [5.74, 6) is -1.09. The van der Waals surface area contributed by atoms with Gasteiger partial charge in [0.2, 0.25) is 5.91 Å². The molecule has 4 nitrogen and oxygen atoms in total. The molecule has 0 bridgehead atoms. The van der Waals surface area contributed by atoms with Crippen LogP contribution in [0, 0.1) is 5.92 Å². The Morgan fingerprint density at radius 3 is 2.06 bits per heavy atom. The number of carbonyl (C=O) groups excluding carboxylic acids is 1. The molecule has 1 aliphatic carbocycles. The molecule has 0 saturated heterocycles. The third-order valence-corrected chi connectivity index (χ3v) is 3.55. The maximum Gasteiger partial charge on any atom is 0.329 e. The van der Waals surface area contributed by atoms with E-state index in [1.807, 2.05) is 0 Å². The van der Waals surface area contributed by atoms with E-state index in [-0.39, 0.29) is 11.8 Å². The average Bonchev–Trinajstić information content (AvgIpc) is 2.27. The van der Waals surface area contributed by atoms with Gasteiger partial charge in [0.25, 0.3) is 0 Å². The van der Waals surface area contributed by atoms with Crippen LogP contribution >= 0.6 is 0 Å². The highest BCUT2D eigenvalue weighted by Crippen LogP contribution is 2.34. The number of nitrogens with zero attached hydrogens (tertiary/aromatic N) is 1. The van der Waals surface area contributed by atoms with Gasteiger partial charge in [-0.15, -0.1) is 0 Å². The summed E-state index contributed by atoms with van der Waals surface area (Å²) in [5.41, 5.74) is -0.959. The second-order valence-corrected chi connectivity index (χ2v) is 4.95. The lowest BCUT2D eigenvalue weighted by molar-refractivity contribution is -0.161. The molecule has 0 spiro atoms. The van der Waals surface area contributed by atoms with Crippen LogP contribution in [-0.2, 0) is 9.59 Å². The molecule has 0 radical (unpaired) electrons. The van der Waals surface area contributed by atoms with Crippen LogP contribution in [0.1, 0.15) is 46.0 Å². The van der Waals surface area contributed by atoms with Crippen molar-refractivity contribution in [3.8, 4) is 0 Å². The number of hydrogen-bond acceptors (Lipinski definition) is 2. The molecule has 1 aliphatic rings. The summed E-state index contributed by atoms with van der Waals surface area (Å²) in [7, 11) is 1.63. The van der Waals surface area contributed by atoms with Crippen LogP contribution in [0.5, 0.6) is 0 Å². The number of rotatable bonds is 3. The lowest BCUT2D eigenvalue weighted by Crippen LogP contribution is -2.57. The summed E-state index contributed by atoms with van der Waals surface area (Å²) in [6, 6.07) is 0. The van der Waals surface area contributed by atoms with Gasteiger partial charge in [-0.2, -0.15) is 0 Å². The van der Waals surface area contributed by atoms with E-state index in [0.717, 1.165) is 19.3 Å². The van der Waals surface area contributed by atoms with Crippen LogP contribution in [-0.4, -0.2) is 34.5 Å². The first-order valence-corrected chi connectivity index (χ1v) is 5.93. The molecule has 0 aromatic carbocycles. The van der Waals surface area contributed by atoms with E-state index < -0.39 is 11.5 Å². The lowest BCUT2D eigenvalue weighted by Gasteiger charge is -2.41. The van der Waals surface area contributed by atoms with Gasteiger partial charge in [-0.05, 0) is 12.8 Å². The fourth-order valence-corrected chi connectivity index (χ4v) is 2.43. The molecule has 16 heavy (non-hydrogen) atoms. The van der Waals surface area contributed by atoms with Crippen molar-refractivity contribution in [2.45, 2.75) is 51.5 Å². The first-order valence-electron chi connectivity index (χ1n) is 5.93. The molecule has 92 valence electrons. The van der Waals surface area contributed by atoms with Crippen LogP contribution < -0.4 is 0 Å². The number of carbonyl (C=O) groups is 2. The molecule has 0 aliphatic heterocycles. The van der Waals surface area contributed by atoms with E-state index in [9.17, 15) is 14.7 Å². The van der Waals surface area contributed by atoms with Crippen molar-refractivity contribution in [3.63, 3.8) is 0 Å². The Morgan fingerprint density at radius 2 is 1.69 bits per heavy atom. The predicted octanol–water partition coefficient (Wildman–Crippen LogP) is 1.89. The minimum Gasteiger partial charge on any atom is -0.479 e. The summed E-state index contributed by atoms with van der Waals surface area (Å²) in [6.07, 6.45) is 4.01. The second kappa shape index (κ2) is 4.85. The fourth-order valence-electron chi connectivity index (χ4n) is 2.43. The van der Waals surface area contributed by atoms with Gasteiger partial charge in [0, 0.05) is 13.0 Å². The summed E-state index contributed by atoms with van der Waals surface area (Å²) in [5, 5.41) is 9.40. The number of carboxylic acids is 1. The Kier molecular flexibility index (Phi) is 3.94. The van der Waals surface area contributed by atoms with Gasteiger partial charge in [0.05, 0.1) is 0 Å². The minimum atomic E-state index is -0.959. The zero-order valence-electron chi connectivity index (χ0n) is 10.3. The SMILES string of the molecule is CC(C)C(=O)N(C)C1(C(=O)O)CCCCC1. The quantitative estimate of drug-likeness (QED) is 0.801. The lowest BCUT2D eigenvalue weighted by atomic mass is 9.80. The van der Waals surface area contributed by atoms with Gasteiger partial charge >= 0.3 is 5.97 Å². The van der Waals surface area contributed by atoms with Crippen molar-refractivity contribution in [2.24, 2.45) is 5.92 Å². The van der Waals surface area contributed by atoms with Crippen LogP contribution in [0.15, 0.2) is 0 Å². The molecule has 0 unspecified atom stereocenters. The third-order valence-electron chi connectivity index (χ3n) is 3.55. The van der Waals surface area contributed by atoms with Crippen LogP contribution in [0.2, 0.25) is 0 Å². The van der Waals surface area contributed by atoms with E-state index in [0.29, 0.717) is 12.8 Å². The smallest absolute Gasteiger partial charge is 0.329 e. The van der Waals surface area contributed by atoms with Crippen LogP contribution in [0.3, 0.4) is 0 Å². The Hall–Kier alpha value is -1.06. The van der Waals surface area contributed by atoms with Crippen molar-refractivity contribution >= 4 is 11.9 Å². The van der Waals surface area contributed by atoms with E-state index in [2.05, 4.69) is 0 Å². The van der Waals surface area contributed by atoms with Crippen molar-refractivity contribution in [1.29, 1.82) is 0 Å². The Morgan fingerprint density at radius 1 is 1.19 bits per heavy atom. The van der Waals surface area contributed by atoms with Crippen molar-refractivity contribution < 1.29 is 14.7 Å². The summed E-state index contributed by atoms with van der Waals surface area (Å²) in [4.78, 5) is 24.8.